The largest absolute Gasteiger partial charge is 0.462 e. The molecule has 9 heteroatoms. The highest BCUT2D eigenvalue weighted by Crippen LogP contribution is 2.28. The van der Waals surface area contributed by atoms with Gasteiger partial charge in [-0.15, -0.1) is 0 Å². The fourth-order valence-electron chi connectivity index (χ4n) is 4.47. The molecule has 0 unspecified atom stereocenters. The van der Waals surface area contributed by atoms with Crippen LogP contribution in [0.3, 0.4) is 0 Å². The Labute approximate surface area is 208 Å². The Hall–Kier alpha value is -3.78. The predicted molar refractivity (Wildman–Crippen MR) is 138 cm³/mol. The van der Waals surface area contributed by atoms with Gasteiger partial charge in [-0.1, -0.05) is 23.7 Å². The monoisotopic (exact) mass is 491 g/mol. The second-order valence-corrected chi connectivity index (χ2v) is 8.79. The van der Waals surface area contributed by atoms with Gasteiger partial charge in [-0.05, 0) is 55.8 Å². The predicted octanol–water partition coefficient (Wildman–Crippen LogP) is 5.06. The van der Waals surface area contributed by atoms with Crippen molar-refractivity contribution in [3.63, 3.8) is 0 Å². The van der Waals surface area contributed by atoms with Crippen molar-refractivity contribution >= 4 is 51.7 Å². The first kappa shape index (κ1) is 23.0. The highest BCUT2D eigenvalue weighted by Gasteiger charge is 2.23. The molecular formula is C26H26ClN5O3. The zero-order valence-corrected chi connectivity index (χ0v) is 20.2. The first-order valence-electron chi connectivity index (χ1n) is 11.7. The van der Waals surface area contributed by atoms with Crippen molar-refractivity contribution in [3.8, 4) is 0 Å². The summed E-state index contributed by atoms with van der Waals surface area (Å²) in [5.41, 5.74) is 3.62. The number of esters is 1. The zero-order valence-electron chi connectivity index (χ0n) is 19.4. The van der Waals surface area contributed by atoms with E-state index < -0.39 is 5.97 Å². The van der Waals surface area contributed by atoms with Crippen LogP contribution in [-0.2, 0) is 4.74 Å². The Balaban J connectivity index is 1.35. The minimum absolute atomic E-state index is 0.241. The summed E-state index contributed by atoms with van der Waals surface area (Å²) in [6.45, 7) is 4.54. The van der Waals surface area contributed by atoms with E-state index in [9.17, 15) is 9.59 Å². The third-order valence-corrected chi connectivity index (χ3v) is 6.38. The van der Waals surface area contributed by atoms with Crippen LogP contribution in [0.15, 0.2) is 60.8 Å². The summed E-state index contributed by atoms with van der Waals surface area (Å²) in [4.78, 5) is 34.3. The third-order valence-electron chi connectivity index (χ3n) is 6.15. The SMILES string of the molecule is CCOC(=O)c1ccccc1NC(=O)N1CCCN(c2nc3cc(Cl)ccc3n3cccc23)CC1. The van der Waals surface area contributed by atoms with Gasteiger partial charge in [0.15, 0.2) is 5.82 Å². The topological polar surface area (TPSA) is 79.2 Å². The van der Waals surface area contributed by atoms with Gasteiger partial charge in [0.05, 0.1) is 34.4 Å². The number of anilines is 2. The average molecular weight is 492 g/mol. The molecule has 2 aromatic carbocycles. The summed E-state index contributed by atoms with van der Waals surface area (Å²) < 4.78 is 7.24. The lowest BCUT2D eigenvalue weighted by molar-refractivity contribution is 0.0527. The smallest absolute Gasteiger partial charge is 0.340 e. The molecule has 35 heavy (non-hydrogen) atoms. The first-order chi connectivity index (χ1) is 17.0. The number of fused-ring (bicyclic) bond motifs is 3. The van der Waals surface area contributed by atoms with E-state index in [0.717, 1.165) is 35.3 Å². The van der Waals surface area contributed by atoms with Crippen LogP contribution in [0.2, 0.25) is 5.02 Å². The summed E-state index contributed by atoms with van der Waals surface area (Å²) in [6.07, 6.45) is 2.81. The van der Waals surface area contributed by atoms with Crippen LogP contribution in [0, 0.1) is 0 Å². The fourth-order valence-corrected chi connectivity index (χ4v) is 4.64. The highest BCUT2D eigenvalue weighted by atomic mass is 35.5. The lowest BCUT2D eigenvalue weighted by atomic mass is 10.2. The molecular weight excluding hydrogens is 466 g/mol. The van der Waals surface area contributed by atoms with Crippen LogP contribution >= 0.6 is 11.6 Å². The number of aromatic nitrogens is 2. The fraction of sp³-hybridized carbons (Fsp3) is 0.269. The number of nitrogens with zero attached hydrogens (tertiary/aromatic N) is 4. The van der Waals surface area contributed by atoms with Gasteiger partial charge in [0.2, 0.25) is 0 Å². The van der Waals surface area contributed by atoms with Crippen molar-refractivity contribution in [2.24, 2.45) is 0 Å². The van der Waals surface area contributed by atoms with E-state index in [1.165, 1.54) is 0 Å². The molecule has 180 valence electrons. The Kier molecular flexibility index (Phi) is 6.46. The van der Waals surface area contributed by atoms with E-state index in [0.29, 0.717) is 35.9 Å². The van der Waals surface area contributed by atoms with Crippen LogP contribution in [0.25, 0.3) is 16.6 Å². The number of carbonyl (C=O) groups is 2. The van der Waals surface area contributed by atoms with Gasteiger partial charge >= 0.3 is 12.0 Å². The molecule has 2 aromatic heterocycles. The molecule has 4 aromatic rings. The number of para-hydroxylation sites is 1. The Morgan fingerprint density at radius 3 is 2.74 bits per heavy atom. The van der Waals surface area contributed by atoms with Gasteiger partial charge in [-0.3, -0.25) is 0 Å². The number of urea groups is 1. The summed E-state index contributed by atoms with van der Waals surface area (Å²) >= 11 is 6.23. The van der Waals surface area contributed by atoms with Gasteiger partial charge in [-0.25, -0.2) is 14.6 Å². The quantitative estimate of drug-likeness (QED) is 0.403. The number of halogens is 1. The number of rotatable bonds is 4. The lowest BCUT2D eigenvalue weighted by Crippen LogP contribution is -2.38. The molecule has 1 fully saturated rings. The maximum atomic E-state index is 13.1. The van der Waals surface area contributed by atoms with Crippen LogP contribution in [0.5, 0.6) is 0 Å². The number of ether oxygens (including phenoxy) is 1. The van der Waals surface area contributed by atoms with E-state index in [2.05, 4.69) is 20.7 Å². The number of amides is 2. The molecule has 2 amide bonds. The molecule has 1 aliphatic heterocycles. The van der Waals surface area contributed by atoms with Crippen molar-refractivity contribution in [1.82, 2.24) is 14.3 Å². The van der Waals surface area contributed by atoms with E-state index in [4.69, 9.17) is 21.3 Å². The lowest BCUT2D eigenvalue weighted by Gasteiger charge is -2.24. The van der Waals surface area contributed by atoms with E-state index >= 15 is 0 Å². The molecule has 8 nitrogen and oxygen atoms in total. The molecule has 0 radical (unpaired) electrons. The molecule has 3 heterocycles. The second kappa shape index (κ2) is 9.84. The van der Waals surface area contributed by atoms with Crippen molar-refractivity contribution in [3.05, 3.63) is 71.4 Å². The summed E-state index contributed by atoms with van der Waals surface area (Å²) in [5, 5.41) is 3.53. The normalized spacial score (nSPS) is 14.2. The standard InChI is InChI=1S/C26H26ClN5O3/c1-2-35-25(33)19-7-3-4-8-20(19)29-26(34)31-13-6-12-30(15-16-31)24-23-9-5-14-32(23)22-11-10-18(27)17-21(22)28-24/h3-5,7-11,14,17H,2,6,12-13,15-16H2,1H3,(H,29,34). The van der Waals surface area contributed by atoms with Crippen molar-refractivity contribution in [1.29, 1.82) is 0 Å². The van der Waals surface area contributed by atoms with Gasteiger partial charge in [-0.2, -0.15) is 0 Å². The number of hydrogen-bond acceptors (Lipinski definition) is 5. The number of carbonyl (C=O) groups excluding carboxylic acids is 2. The maximum Gasteiger partial charge on any atom is 0.340 e. The summed E-state index contributed by atoms with van der Waals surface area (Å²) in [6, 6.07) is 16.4. The van der Waals surface area contributed by atoms with E-state index in [-0.39, 0.29) is 12.6 Å². The van der Waals surface area contributed by atoms with Gasteiger partial charge in [0.25, 0.3) is 0 Å². The molecule has 0 atom stereocenters. The maximum absolute atomic E-state index is 13.1. The molecule has 0 aliphatic carbocycles. The summed E-state index contributed by atoms with van der Waals surface area (Å²) in [5.74, 6) is 0.420. The number of nitrogens with one attached hydrogen (secondary N) is 1. The second-order valence-electron chi connectivity index (χ2n) is 8.36. The summed E-state index contributed by atoms with van der Waals surface area (Å²) in [7, 11) is 0. The first-order valence-corrected chi connectivity index (χ1v) is 12.1. The molecule has 0 bridgehead atoms. The van der Waals surface area contributed by atoms with Gasteiger partial charge in [0.1, 0.15) is 0 Å². The van der Waals surface area contributed by atoms with Crippen molar-refractivity contribution in [2.45, 2.75) is 13.3 Å². The third kappa shape index (κ3) is 4.61. The number of hydrogen-bond donors (Lipinski definition) is 1. The molecule has 0 saturated carbocycles. The molecule has 1 aliphatic rings. The average Bonchev–Trinajstić information content (AvgIpc) is 3.21. The molecule has 5 rings (SSSR count). The van der Waals surface area contributed by atoms with Crippen LogP contribution in [0.1, 0.15) is 23.7 Å². The van der Waals surface area contributed by atoms with Crippen LogP contribution < -0.4 is 10.2 Å². The van der Waals surface area contributed by atoms with Crippen LogP contribution in [-0.4, -0.2) is 59.1 Å². The van der Waals surface area contributed by atoms with Crippen LogP contribution in [0.4, 0.5) is 16.3 Å². The van der Waals surface area contributed by atoms with Gasteiger partial charge < -0.3 is 24.3 Å². The minimum Gasteiger partial charge on any atom is -0.462 e. The Morgan fingerprint density at radius 1 is 1.03 bits per heavy atom. The highest BCUT2D eigenvalue weighted by molar-refractivity contribution is 6.31. The van der Waals surface area contributed by atoms with Gasteiger partial charge in [0, 0.05) is 37.4 Å². The number of benzene rings is 2. The molecule has 1 N–H and O–H groups in total. The van der Waals surface area contributed by atoms with E-state index in [1.54, 1.807) is 36.1 Å². The Bertz CT molecular complexity index is 1400. The van der Waals surface area contributed by atoms with Crippen molar-refractivity contribution < 1.29 is 14.3 Å². The Morgan fingerprint density at radius 2 is 1.89 bits per heavy atom. The van der Waals surface area contributed by atoms with Crippen molar-refractivity contribution in [2.75, 3.05) is 43.0 Å². The molecule has 1 saturated heterocycles. The molecule has 0 spiro atoms. The van der Waals surface area contributed by atoms with E-state index in [1.807, 2.05) is 30.5 Å². The zero-order chi connectivity index (χ0) is 24.4. The minimum atomic E-state index is -0.455.